The largest absolute Gasteiger partial charge is 0.298 e. The van der Waals surface area contributed by atoms with Gasteiger partial charge in [-0.25, -0.2) is 0 Å². The summed E-state index contributed by atoms with van der Waals surface area (Å²) in [6, 6.07) is 9.00. The lowest BCUT2D eigenvalue weighted by Crippen LogP contribution is -2.21. The van der Waals surface area contributed by atoms with Crippen molar-refractivity contribution >= 4 is 43.4 Å². The maximum absolute atomic E-state index is 13.0. The summed E-state index contributed by atoms with van der Waals surface area (Å²) in [4.78, 5) is -0.287. The van der Waals surface area contributed by atoms with E-state index >= 15 is 0 Å². The molecule has 0 atom stereocenters. The molecule has 2 aromatic rings. The van der Waals surface area contributed by atoms with Crippen molar-refractivity contribution in [2.24, 2.45) is 0 Å². The van der Waals surface area contributed by atoms with Crippen molar-refractivity contribution in [1.29, 1.82) is 0 Å². The van der Waals surface area contributed by atoms with Gasteiger partial charge in [-0.3, -0.25) is 8.37 Å². The van der Waals surface area contributed by atoms with Gasteiger partial charge in [0.1, 0.15) is 9.79 Å². The molecule has 2 aliphatic rings. The zero-order valence-electron chi connectivity index (χ0n) is 18.7. The van der Waals surface area contributed by atoms with Gasteiger partial charge in [-0.1, -0.05) is 73.9 Å². The van der Waals surface area contributed by atoms with Gasteiger partial charge in [0.2, 0.25) is 0 Å². The molecule has 0 saturated heterocycles. The van der Waals surface area contributed by atoms with Crippen molar-refractivity contribution in [2.45, 2.75) is 86.2 Å². The van der Waals surface area contributed by atoms with Gasteiger partial charge in [0, 0.05) is 0 Å². The Morgan fingerprint density at radius 1 is 0.588 bits per heavy atom. The first-order valence-electron chi connectivity index (χ1n) is 11.6. The molecular weight excluding hydrogens is 519 g/mol. The zero-order chi connectivity index (χ0) is 24.3. The van der Waals surface area contributed by atoms with Gasteiger partial charge in [-0.2, -0.15) is 16.8 Å². The molecule has 2 aromatic carbocycles. The summed E-state index contributed by atoms with van der Waals surface area (Å²) >= 11 is 12.5. The molecule has 0 bridgehead atoms. The van der Waals surface area contributed by atoms with Gasteiger partial charge in [-0.15, -0.1) is 0 Å². The lowest BCUT2D eigenvalue weighted by atomic mass is 9.98. The van der Waals surface area contributed by atoms with Crippen LogP contribution in [-0.2, 0) is 28.6 Å². The average Bonchev–Trinajstić information content (AvgIpc) is 2.80. The van der Waals surface area contributed by atoms with E-state index in [2.05, 4.69) is 0 Å². The van der Waals surface area contributed by atoms with Crippen LogP contribution in [0.5, 0.6) is 0 Å². The lowest BCUT2D eigenvalue weighted by Gasteiger charge is -2.22. The number of hydrogen-bond donors (Lipinski definition) is 0. The lowest BCUT2D eigenvalue weighted by molar-refractivity contribution is 0.161. The summed E-state index contributed by atoms with van der Waals surface area (Å²) < 4.78 is 62.8. The third-order valence-electron chi connectivity index (χ3n) is 6.36. The van der Waals surface area contributed by atoms with Crippen molar-refractivity contribution in [3.05, 3.63) is 46.4 Å². The monoisotopic (exact) mass is 546 g/mol. The second-order valence-electron chi connectivity index (χ2n) is 8.91. The summed E-state index contributed by atoms with van der Waals surface area (Å²) in [6.45, 7) is 0. The minimum Gasteiger partial charge on any atom is -0.263 e. The van der Waals surface area contributed by atoms with Crippen LogP contribution in [0.4, 0.5) is 0 Å². The van der Waals surface area contributed by atoms with Gasteiger partial charge in [0.25, 0.3) is 20.2 Å². The Morgan fingerprint density at radius 2 is 0.941 bits per heavy atom. The Labute approximate surface area is 211 Å². The number of rotatable bonds is 7. The van der Waals surface area contributed by atoms with Gasteiger partial charge in [0.05, 0.1) is 22.3 Å². The maximum atomic E-state index is 13.0. The van der Waals surface area contributed by atoms with Crippen LogP contribution in [0.15, 0.2) is 46.2 Å². The predicted octanol–water partition coefficient (Wildman–Crippen LogP) is 6.74. The van der Waals surface area contributed by atoms with E-state index in [-0.39, 0.29) is 32.0 Å². The Bertz CT molecular complexity index is 1130. The van der Waals surface area contributed by atoms with Gasteiger partial charge in [0.15, 0.2) is 0 Å². The Kier molecular flexibility index (Phi) is 8.27. The molecule has 0 N–H and O–H groups in total. The van der Waals surface area contributed by atoms with Crippen LogP contribution in [0, 0.1) is 0 Å². The van der Waals surface area contributed by atoms with Gasteiger partial charge in [-0.05, 0) is 61.1 Å². The molecule has 0 aliphatic heterocycles. The molecule has 6 nitrogen and oxygen atoms in total. The van der Waals surface area contributed by atoms with Crippen LogP contribution >= 0.6 is 23.2 Å². The van der Waals surface area contributed by atoms with E-state index in [0.29, 0.717) is 36.8 Å². The minimum atomic E-state index is -4.09. The summed E-state index contributed by atoms with van der Waals surface area (Å²) in [6.07, 6.45) is 7.91. The van der Waals surface area contributed by atoms with Crippen LogP contribution < -0.4 is 0 Å². The van der Waals surface area contributed by atoms with Gasteiger partial charge >= 0.3 is 0 Å². The highest BCUT2D eigenvalue weighted by atomic mass is 35.5. The van der Waals surface area contributed by atoms with Crippen LogP contribution in [0.2, 0.25) is 10.0 Å². The molecule has 4 rings (SSSR count). The van der Waals surface area contributed by atoms with Crippen molar-refractivity contribution in [3.8, 4) is 11.1 Å². The second-order valence-corrected chi connectivity index (χ2v) is 12.8. The fourth-order valence-corrected chi connectivity index (χ4v) is 7.80. The second kappa shape index (κ2) is 10.8. The molecule has 0 spiro atoms. The van der Waals surface area contributed by atoms with Crippen molar-refractivity contribution in [2.75, 3.05) is 0 Å². The quantitative estimate of drug-likeness (QED) is 0.357. The van der Waals surface area contributed by atoms with Crippen LogP contribution in [0.1, 0.15) is 64.2 Å². The third kappa shape index (κ3) is 6.15. The molecule has 34 heavy (non-hydrogen) atoms. The SMILES string of the molecule is O=S(=O)(OC1CCCCC1)c1cc(-c2ccc(Cl)c(S(=O)(=O)OC3CCCCC3)c2)ccc1Cl. The van der Waals surface area contributed by atoms with Crippen LogP contribution in [0.25, 0.3) is 11.1 Å². The Hall–Kier alpha value is -1.16. The third-order valence-corrected chi connectivity index (χ3v) is 10.1. The summed E-state index contributed by atoms with van der Waals surface area (Å²) in [7, 11) is -8.18. The van der Waals surface area contributed by atoms with E-state index in [1.165, 1.54) is 24.3 Å². The van der Waals surface area contributed by atoms with E-state index < -0.39 is 20.2 Å². The van der Waals surface area contributed by atoms with Crippen LogP contribution in [-0.4, -0.2) is 29.0 Å². The average molecular weight is 548 g/mol. The molecule has 0 radical (unpaired) electrons. The van der Waals surface area contributed by atoms with E-state index in [9.17, 15) is 16.8 Å². The van der Waals surface area contributed by atoms with Crippen molar-refractivity contribution < 1.29 is 25.2 Å². The fourth-order valence-electron chi connectivity index (χ4n) is 4.53. The summed E-state index contributed by atoms with van der Waals surface area (Å²) in [5, 5.41) is 0.0870. The first-order valence-corrected chi connectivity index (χ1v) is 15.2. The van der Waals surface area contributed by atoms with E-state index in [0.717, 1.165) is 38.5 Å². The molecule has 2 saturated carbocycles. The number of halogens is 2. The highest BCUT2D eigenvalue weighted by molar-refractivity contribution is 7.87. The fraction of sp³-hybridized carbons (Fsp3) is 0.500. The smallest absolute Gasteiger partial charge is 0.263 e. The summed E-state index contributed by atoms with van der Waals surface area (Å²) in [5.41, 5.74) is 0.946. The predicted molar refractivity (Wildman–Crippen MR) is 132 cm³/mol. The summed E-state index contributed by atoms with van der Waals surface area (Å²) in [5.74, 6) is 0. The first kappa shape index (κ1) is 25.9. The number of hydrogen-bond acceptors (Lipinski definition) is 6. The Balaban J connectivity index is 1.63. The van der Waals surface area contributed by atoms with E-state index in [1.54, 1.807) is 12.1 Å². The number of benzene rings is 2. The minimum absolute atomic E-state index is 0.0435. The van der Waals surface area contributed by atoms with Crippen molar-refractivity contribution in [1.82, 2.24) is 0 Å². The topological polar surface area (TPSA) is 86.7 Å². The standard InChI is InChI=1S/C24H28Cl2O6S2/c25-21-13-11-17(15-23(21)33(27,28)31-19-7-3-1-4-8-19)18-12-14-22(26)24(16-18)34(29,30)32-20-9-5-2-6-10-20/h11-16,19-20H,1-10H2. The molecule has 10 heteroatoms. The van der Waals surface area contributed by atoms with E-state index in [1.807, 2.05) is 0 Å². The molecule has 0 heterocycles. The molecule has 0 aromatic heterocycles. The molecule has 2 fully saturated rings. The molecule has 0 unspecified atom stereocenters. The van der Waals surface area contributed by atoms with Gasteiger partial charge < -0.3 is 0 Å². The highest BCUT2D eigenvalue weighted by Gasteiger charge is 2.28. The molecule has 2 aliphatic carbocycles. The van der Waals surface area contributed by atoms with E-state index in [4.69, 9.17) is 31.6 Å². The molecular formula is C24H28Cl2O6S2. The molecule has 186 valence electrons. The molecule has 0 amide bonds. The zero-order valence-corrected chi connectivity index (χ0v) is 21.9. The Morgan fingerprint density at radius 3 is 1.29 bits per heavy atom. The normalized spacial score (nSPS) is 18.8. The highest BCUT2D eigenvalue weighted by Crippen LogP contribution is 2.35. The first-order chi connectivity index (χ1) is 16.2. The van der Waals surface area contributed by atoms with Crippen molar-refractivity contribution in [3.63, 3.8) is 0 Å². The maximum Gasteiger partial charge on any atom is 0.298 e. The van der Waals surface area contributed by atoms with Crippen LogP contribution in [0.3, 0.4) is 0 Å².